The van der Waals surface area contributed by atoms with Crippen molar-refractivity contribution in [3.63, 3.8) is 0 Å². The van der Waals surface area contributed by atoms with Crippen LogP contribution in [0.15, 0.2) is 36.4 Å². The highest BCUT2D eigenvalue weighted by Gasteiger charge is 2.31. The zero-order valence-corrected chi connectivity index (χ0v) is 10.4. The van der Waals surface area contributed by atoms with Crippen molar-refractivity contribution in [1.82, 2.24) is 0 Å². The molecule has 2 aromatic rings. The Labute approximate surface area is 116 Å². The zero-order chi connectivity index (χ0) is 15.6. The Balaban J connectivity index is 2.16. The number of ether oxygens (including phenoxy) is 1. The van der Waals surface area contributed by atoms with E-state index in [2.05, 4.69) is 0 Å². The van der Waals surface area contributed by atoms with Crippen molar-refractivity contribution in [3.8, 4) is 11.5 Å². The smallest absolute Gasteiger partial charge is 0.416 e. The molecule has 7 heteroatoms. The maximum atomic E-state index is 13.0. The van der Waals surface area contributed by atoms with E-state index >= 15 is 0 Å². The lowest BCUT2D eigenvalue weighted by molar-refractivity contribution is -0.137. The number of benzene rings is 2. The van der Waals surface area contributed by atoms with E-state index in [1.807, 2.05) is 0 Å². The summed E-state index contributed by atoms with van der Waals surface area (Å²) >= 11 is 0. The highest BCUT2D eigenvalue weighted by Crippen LogP contribution is 2.34. The molecule has 0 spiro atoms. The molecule has 2 nitrogen and oxygen atoms in total. The van der Waals surface area contributed by atoms with Crippen LogP contribution in [0.2, 0.25) is 0 Å². The van der Waals surface area contributed by atoms with Crippen LogP contribution in [0.25, 0.3) is 0 Å². The molecular formula is C14H9F5O2. The molecule has 112 valence electrons. The van der Waals surface area contributed by atoms with E-state index in [-0.39, 0.29) is 17.9 Å². The van der Waals surface area contributed by atoms with Crippen molar-refractivity contribution in [2.24, 2.45) is 0 Å². The van der Waals surface area contributed by atoms with Crippen LogP contribution in [-0.2, 0) is 12.8 Å². The molecule has 0 bridgehead atoms. The van der Waals surface area contributed by atoms with Gasteiger partial charge in [-0.1, -0.05) is 6.07 Å². The molecule has 1 N–H and O–H groups in total. The third kappa shape index (κ3) is 3.84. The fourth-order valence-electron chi connectivity index (χ4n) is 1.63. The van der Waals surface area contributed by atoms with Gasteiger partial charge in [0.2, 0.25) is 0 Å². The van der Waals surface area contributed by atoms with Crippen LogP contribution in [0.4, 0.5) is 22.0 Å². The molecule has 0 heterocycles. The van der Waals surface area contributed by atoms with Crippen LogP contribution < -0.4 is 4.74 Å². The Morgan fingerprint density at radius 2 is 1.67 bits per heavy atom. The second kappa shape index (κ2) is 5.59. The Morgan fingerprint density at radius 3 is 2.29 bits per heavy atom. The van der Waals surface area contributed by atoms with Gasteiger partial charge in [-0.25, -0.2) is 8.78 Å². The minimum atomic E-state index is -4.63. The highest BCUT2D eigenvalue weighted by molar-refractivity contribution is 5.39. The zero-order valence-electron chi connectivity index (χ0n) is 10.4. The summed E-state index contributed by atoms with van der Waals surface area (Å²) in [6.07, 6.45) is -4.63. The number of alkyl halides is 3. The van der Waals surface area contributed by atoms with Gasteiger partial charge in [0, 0.05) is 6.07 Å². The van der Waals surface area contributed by atoms with Crippen LogP contribution in [0.5, 0.6) is 11.5 Å². The molecule has 0 aliphatic heterocycles. The molecule has 0 aliphatic carbocycles. The maximum absolute atomic E-state index is 13.0. The fourth-order valence-corrected chi connectivity index (χ4v) is 1.63. The summed E-state index contributed by atoms with van der Waals surface area (Å²) in [4.78, 5) is 0. The average molecular weight is 304 g/mol. The van der Waals surface area contributed by atoms with Gasteiger partial charge in [-0.05, 0) is 29.8 Å². The molecule has 2 rings (SSSR count). The van der Waals surface area contributed by atoms with Gasteiger partial charge in [-0.3, -0.25) is 0 Å². The second-order valence-electron chi connectivity index (χ2n) is 4.25. The predicted molar refractivity (Wildman–Crippen MR) is 63.8 cm³/mol. The molecule has 0 unspecified atom stereocenters. The van der Waals surface area contributed by atoms with Crippen molar-refractivity contribution < 1.29 is 31.8 Å². The minimum absolute atomic E-state index is 0.230. The summed E-state index contributed by atoms with van der Waals surface area (Å²) in [7, 11) is 0. The number of phenols is 1. The first kappa shape index (κ1) is 15.1. The Hall–Kier alpha value is -2.31. The number of hydrogen-bond donors (Lipinski definition) is 1. The SMILES string of the molecule is Oc1cc(OCc2ccc(F)c(F)c2)cc(C(F)(F)F)c1. The van der Waals surface area contributed by atoms with E-state index in [4.69, 9.17) is 4.74 Å². The minimum Gasteiger partial charge on any atom is -0.508 e. The molecule has 0 atom stereocenters. The summed E-state index contributed by atoms with van der Waals surface area (Å²) in [5.74, 6) is -2.95. The summed E-state index contributed by atoms with van der Waals surface area (Å²) < 4.78 is 68.4. The number of rotatable bonds is 3. The monoisotopic (exact) mass is 304 g/mol. The summed E-state index contributed by atoms with van der Waals surface area (Å²) in [6, 6.07) is 5.27. The molecule has 0 amide bonds. The molecule has 21 heavy (non-hydrogen) atoms. The molecule has 0 fully saturated rings. The molecule has 0 aliphatic rings. The molecule has 0 radical (unpaired) electrons. The first-order valence-corrected chi connectivity index (χ1v) is 5.73. The second-order valence-corrected chi connectivity index (χ2v) is 4.25. The van der Waals surface area contributed by atoms with Crippen molar-refractivity contribution in [2.45, 2.75) is 12.8 Å². The van der Waals surface area contributed by atoms with Gasteiger partial charge >= 0.3 is 6.18 Å². The Morgan fingerprint density at radius 1 is 0.952 bits per heavy atom. The number of aromatic hydroxyl groups is 1. The maximum Gasteiger partial charge on any atom is 0.416 e. The van der Waals surface area contributed by atoms with Crippen LogP contribution in [-0.4, -0.2) is 5.11 Å². The quantitative estimate of drug-likeness (QED) is 0.858. The molecule has 0 saturated heterocycles. The van der Waals surface area contributed by atoms with E-state index in [0.717, 1.165) is 18.2 Å². The van der Waals surface area contributed by atoms with E-state index in [9.17, 15) is 27.1 Å². The molecular weight excluding hydrogens is 295 g/mol. The standard InChI is InChI=1S/C14H9F5O2/c15-12-2-1-8(3-13(12)16)7-21-11-5-9(14(17,18)19)4-10(20)6-11/h1-6,20H,7H2. The Kier molecular flexibility index (Phi) is 4.02. The summed E-state index contributed by atoms with van der Waals surface area (Å²) in [6.45, 7) is -0.266. The lowest BCUT2D eigenvalue weighted by Gasteiger charge is -2.11. The van der Waals surface area contributed by atoms with Gasteiger partial charge in [-0.15, -0.1) is 0 Å². The van der Waals surface area contributed by atoms with Gasteiger partial charge in [0.25, 0.3) is 0 Å². The lowest BCUT2D eigenvalue weighted by atomic mass is 10.2. The van der Waals surface area contributed by atoms with Crippen molar-refractivity contribution >= 4 is 0 Å². The number of hydrogen-bond acceptors (Lipinski definition) is 2. The van der Waals surface area contributed by atoms with Crippen LogP contribution >= 0.6 is 0 Å². The molecule has 2 aromatic carbocycles. The third-order valence-corrected chi connectivity index (χ3v) is 2.61. The first-order chi connectivity index (χ1) is 9.75. The predicted octanol–water partition coefficient (Wildman–Crippen LogP) is 4.27. The lowest BCUT2D eigenvalue weighted by Crippen LogP contribution is -2.05. The van der Waals surface area contributed by atoms with Crippen LogP contribution in [0.1, 0.15) is 11.1 Å². The third-order valence-electron chi connectivity index (χ3n) is 2.61. The molecule has 0 saturated carbocycles. The first-order valence-electron chi connectivity index (χ1n) is 5.73. The topological polar surface area (TPSA) is 29.5 Å². The van der Waals surface area contributed by atoms with E-state index < -0.39 is 29.1 Å². The van der Waals surface area contributed by atoms with Crippen molar-refractivity contribution in [1.29, 1.82) is 0 Å². The average Bonchev–Trinajstić information content (AvgIpc) is 2.38. The summed E-state index contributed by atoms with van der Waals surface area (Å²) in [5.41, 5.74) is -0.825. The van der Waals surface area contributed by atoms with Gasteiger partial charge < -0.3 is 9.84 Å². The largest absolute Gasteiger partial charge is 0.508 e. The van der Waals surface area contributed by atoms with E-state index in [0.29, 0.717) is 12.1 Å². The van der Waals surface area contributed by atoms with Crippen LogP contribution in [0.3, 0.4) is 0 Å². The van der Waals surface area contributed by atoms with Gasteiger partial charge in [0.15, 0.2) is 11.6 Å². The normalized spacial score (nSPS) is 11.5. The molecule has 0 aromatic heterocycles. The van der Waals surface area contributed by atoms with E-state index in [1.54, 1.807) is 0 Å². The van der Waals surface area contributed by atoms with Gasteiger partial charge in [-0.2, -0.15) is 13.2 Å². The van der Waals surface area contributed by atoms with Crippen molar-refractivity contribution in [3.05, 3.63) is 59.2 Å². The van der Waals surface area contributed by atoms with Crippen LogP contribution in [0, 0.1) is 11.6 Å². The number of halogens is 5. The highest BCUT2D eigenvalue weighted by atomic mass is 19.4. The van der Waals surface area contributed by atoms with E-state index in [1.165, 1.54) is 6.07 Å². The Bertz CT molecular complexity index is 652. The van der Waals surface area contributed by atoms with Gasteiger partial charge in [0.05, 0.1) is 5.56 Å². The summed E-state index contributed by atoms with van der Waals surface area (Å²) in [5, 5.41) is 9.25. The van der Waals surface area contributed by atoms with Gasteiger partial charge in [0.1, 0.15) is 18.1 Å². The fraction of sp³-hybridized carbons (Fsp3) is 0.143. The van der Waals surface area contributed by atoms with Crippen molar-refractivity contribution in [2.75, 3.05) is 0 Å². The number of phenolic OH excluding ortho intramolecular Hbond substituents is 1.